The fourth-order valence-electron chi connectivity index (χ4n) is 3.78. The van der Waals surface area contributed by atoms with E-state index in [9.17, 15) is 22.8 Å². The first-order chi connectivity index (χ1) is 16.3. The number of nitrogens with zero attached hydrogens (tertiary/aromatic N) is 3. The lowest BCUT2D eigenvalue weighted by atomic mass is 10.0. The second-order valence-corrected chi connectivity index (χ2v) is 7.69. The molecule has 0 spiro atoms. The average Bonchev–Trinajstić information content (AvgIpc) is 3.25. The van der Waals surface area contributed by atoms with E-state index in [1.807, 2.05) is 13.0 Å². The Hall–Kier alpha value is -3.82. The van der Waals surface area contributed by atoms with E-state index in [2.05, 4.69) is 5.16 Å². The number of benzene rings is 2. The van der Waals surface area contributed by atoms with Crippen LogP contribution in [0.5, 0.6) is 5.75 Å². The maximum absolute atomic E-state index is 13.2. The zero-order valence-electron chi connectivity index (χ0n) is 18.3. The van der Waals surface area contributed by atoms with Crippen molar-refractivity contribution in [2.75, 3.05) is 6.61 Å². The van der Waals surface area contributed by atoms with Crippen LogP contribution in [0.1, 0.15) is 31.0 Å². The van der Waals surface area contributed by atoms with Crippen LogP contribution in [0.15, 0.2) is 68.8 Å². The van der Waals surface area contributed by atoms with Crippen LogP contribution in [-0.4, -0.2) is 20.9 Å². The van der Waals surface area contributed by atoms with Gasteiger partial charge < -0.3 is 9.26 Å². The van der Waals surface area contributed by atoms with Crippen molar-refractivity contribution in [1.29, 1.82) is 0 Å². The molecule has 0 saturated heterocycles. The number of aromatic nitrogens is 3. The van der Waals surface area contributed by atoms with E-state index in [1.165, 1.54) is 29.0 Å². The molecule has 0 aliphatic heterocycles. The maximum Gasteiger partial charge on any atom is 0.437 e. The molecular weight excluding hydrogens is 451 g/mol. The summed E-state index contributed by atoms with van der Waals surface area (Å²) in [5.74, 6) is 0.390. The molecule has 0 amide bonds. The fourth-order valence-corrected chi connectivity index (χ4v) is 3.78. The van der Waals surface area contributed by atoms with E-state index in [1.54, 1.807) is 24.3 Å². The number of alkyl halides is 3. The molecule has 0 atom stereocenters. The van der Waals surface area contributed by atoms with Crippen LogP contribution in [0.4, 0.5) is 13.2 Å². The number of halogens is 3. The molecule has 0 radical (unpaired) electrons. The molecule has 0 N–H and O–H groups in total. The number of fused-ring (bicyclic) bond motifs is 1. The molecule has 4 aromatic rings. The molecule has 0 fully saturated rings. The predicted molar refractivity (Wildman–Crippen MR) is 119 cm³/mol. The monoisotopic (exact) mass is 473 g/mol. The number of ether oxygens (including phenoxy) is 1. The summed E-state index contributed by atoms with van der Waals surface area (Å²) in [5.41, 5.74) is -0.757. The maximum atomic E-state index is 13.2. The van der Waals surface area contributed by atoms with Crippen molar-refractivity contribution in [2.24, 2.45) is 0 Å². The molecule has 4 rings (SSSR count). The summed E-state index contributed by atoms with van der Waals surface area (Å²) in [5, 5.41) is 3.10. The summed E-state index contributed by atoms with van der Waals surface area (Å²) >= 11 is 0. The van der Waals surface area contributed by atoms with Crippen molar-refractivity contribution in [3.63, 3.8) is 0 Å². The second kappa shape index (κ2) is 9.58. The normalized spacial score (nSPS) is 11.8. The molecule has 2 heterocycles. The molecule has 0 aliphatic rings. The highest BCUT2D eigenvalue weighted by Crippen LogP contribution is 2.38. The van der Waals surface area contributed by atoms with Crippen LogP contribution in [0.2, 0.25) is 0 Å². The van der Waals surface area contributed by atoms with Crippen molar-refractivity contribution in [2.45, 2.75) is 38.9 Å². The van der Waals surface area contributed by atoms with Gasteiger partial charge >= 0.3 is 11.9 Å². The van der Waals surface area contributed by atoms with E-state index in [4.69, 9.17) is 9.26 Å². The van der Waals surface area contributed by atoms with E-state index in [-0.39, 0.29) is 24.1 Å². The summed E-state index contributed by atoms with van der Waals surface area (Å²) in [6.07, 6.45) is -1.74. The molecule has 0 bridgehead atoms. The lowest BCUT2D eigenvalue weighted by Crippen LogP contribution is -2.38. The standard InChI is InChI=1S/C24H22F3N3O4/c1-2-7-17-19(11-10-18-21(17)34-28-22(18)24(25,26)27)33-15-6-13-30-20(31)12-14-29(23(30)32)16-8-4-3-5-9-16/h3-5,8-12,14H,2,6-7,13,15H2,1H3. The molecule has 2 aromatic heterocycles. The first-order valence-electron chi connectivity index (χ1n) is 10.8. The van der Waals surface area contributed by atoms with Crippen molar-refractivity contribution in [1.82, 2.24) is 14.3 Å². The molecule has 0 aliphatic carbocycles. The number of rotatable bonds is 8. The van der Waals surface area contributed by atoms with Crippen molar-refractivity contribution < 1.29 is 22.4 Å². The third kappa shape index (κ3) is 4.61. The Kier molecular flexibility index (Phi) is 6.58. The summed E-state index contributed by atoms with van der Waals surface area (Å²) in [6, 6.07) is 13.0. The predicted octanol–water partition coefficient (Wildman–Crippen LogP) is 4.58. The molecule has 178 valence electrons. The van der Waals surface area contributed by atoms with Gasteiger partial charge in [-0.05, 0) is 37.1 Å². The summed E-state index contributed by atoms with van der Waals surface area (Å²) in [6.45, 7) is 2.16. The minimum absolute atomic E-state index is 0.0525. The Morgan fingerprint density at radius 1 is 1.06 bits per heavy atom. The summed E-state index contributed by atoms with van der Waals surface area (Å²) < 4.78 is 52.9. The molecular formula is C24H22F3N3O4. The van der Waals surface area contributed by atoms with Gasteiger partial charge in [-0.3, -0.25) is 13.9 Å². The quantitative estimate of drug-likeness (QED) is 0.350. The van der Waals surface area contributed by atoms with Gasteiger partial charge in [-0.25, -0.2) is 4.79 Å². The lowest BCUT2D eigenvalue weighted by Gasteiger charge is -2.13. The van der Waals surface area contributed by atoms with Gasteiger partial charge in [0.25, 0.3) is 5.56 Å². The van der Waals surface area contributed by atoms with Crippen molar-refractivity contribution >= 4 is 11.0 Å². The Morgan fingerprint density at radius 3 is 2.53 bits per heavy atom. The van der Waals surface area contributed by atoms with E-state index >= 15 is 0 Å². The smallest absolute Gasteiger partial charge is 0.437 e. The first-order valence-corrected chi connectivity index (χ1v) is 10.8. The van der Waals surface area contributed by atoms with Gasteiger partial charge in [0, 0.05) is 24.4 Å². The van der Waals surface area contributed by atoms with Gasteiger partial charge in [0.05, 0.1) is 17.7 Å². The third-order valence-corrected chi connectivity index (χ3v) is 5.36. The zero-order valence-corrected chi connectivity index (χ0v) is 18.3. The topological polar surface area (TPSA) is 79.3 Å². The summed E-state index contributed by atoms with van der Waals surface area (Å²) in [4.78, 5) is 25.1. The molecule has 7 nitrogen and oxygen atoms in total. The van der Waals surface area contributed by atoms with Crippen LogP contribution in [0, 0.1) is 0 Å². The highest BCUT2D eigenvalue weighted by molar-refractivity contribution is 5.85. The molecule has 34 heavy (non-hydrogen) atoms. The molecule has 0 saturated carbocycles. The van der Waals surface area contributed by atoms with Gasteiger partial charge in [-0.15, -0.1) is 0 Å². The van der Waals surface area contributed by atoms with Gasteiger partial charge in [0.15, 0.2) is 11.3 Å². The third-order valence-electron chi connectivity index (χ3n) is 5.36. The molecule has 2 aromatic carbocycles. The Labute approximate surface area is 192 Å². The zero-order chi connectivity index (χ0) is 24.3. The van der Waals surface area contributed by atoms with E-state index in [0.29, 0.717) is 36.3 Å². The van der Waals surface area contributed by atoms with Gasteiger partial charge in [0.2, 0.25) is 0 Å². The second-order valence-electron chi connectivity index (χ2n) is 7.69. The average molecular weight is 473 g/mol. The van der Waals surface area contributed by atoms with Crippen LogP contribution in [0.3, 0.4) is 0 Å². The minimum atomic E-state index is -4.62. The van der Waals surface area contributed by atoms with Crippen LogP contribution >= 0.6 is 0 Å². The van der Waals surface area contributed by atoms with Gasteiger partial charge in [-0.1, -0.05) is 36.7 Å². The minimum Gasteiger partial charge on any atom is -0.493 e. The lowest BCUT2D eigenvalue weighted by molar-refractivity contribution is -0.141. The number of hydrogen-bond acceptors (Lipinski definition) is 5. The highest BCUT2D eigenvalue weighted by atomic mass is 19.4. The van der Waals surface area contributed by atoms with Crippen molar-refractivity contribution in [3.8, 4) is 11.4 Å². The van der Waals surface area contributed by atoms with Crippen LogP contribution in [0.25, 0.3) is 16.7 Å². The number of hydrogen-bond donors (Lipinski definition) is 0. The van der Waals surface area contributed by atoms with E-state index in [0.717, 1.165) is 4.57 Å². The van der Waals surface area contributed by atoms with Gasteiger partial charge in [0.1, 0.15) is 5.75 Å². The summed E-state index contributed by atoms with van der Waals surface area (Å²) in [7, 11) is 0. The van der Waals surface area contributed by atoms with Gasteiger partial charge in [-0.2, -0.15) is 13.2 Å². The first kappa shape index (κ1) is 23.3. The van der Waals surface area contributed by atoms with Crippen LogP contribution < -0.4 is 16.0 Å². The number of aryl methyl sites for hydroxylation is 1. The number of para-hydroxylation sites is 1. The SMILES string of the molecule is CCCc1c(OCCCn2c(=O)ccn(-c3ccccc3)c2=O)ccc2c(C(F)(F)F)noc12. The fraction of sp³-hybridized carbons (Fsp3) is 0.292. The Bertz CT molecular complexity index is 1410. The largest absolute Gasteiger partial charge is 0.493 e. The Morgan fingerprint density at radius 2 is 1.82 bits per heavy atom. The van der Waals surface area contributed by atoms with Crippen molar-refractivity contribution in [3.05, 3.63) is 86.8 Å². The molecule has 10 heteroatoms. The van der Waals surface area contributed by atoms with E-state index < -0.39 is 23.1 Å². The molecule has 0 unspecified atom stereocenters. The Balaban J connectivity index is 1.51. The highest BCUT2D eigenvalue weighted by Gasteiger charge is 2.37. The van der Waals surface area contributed by atoms with Crippen LogP contribution in [-0.2, 0) is 19.1 Å².